The van der Waals surface area contributed by atoms with E-state index < -0.39 is 22.7 Å². The molecule has 4 rings (SSSR count). The summed E-state index contributed by atoms with van der Waals surface area (Å²) >= 11 is -2.27. The van der Waals surface area contributed by atoms with Crippen LogP contribution in [0.3, 0.4) is 0 Å². The number of nitrogens with zero attached hydrogens (tertiary/aromatic N) is 2. The van der Waals surface area contributed by atoms with Gasteiger partial charge in [0, 0.05) is 19.2 Å². The zero-order valence-electron chi connectivity index (χ0n) is 21.5. The van der Waals surface area contributed by atoms with Crippen molar-refractivity contribution < 1.29 is 27.9 Å². The number of fused-ring (bicyclic) bond motifs is 1. The van der Waals surface area contributed by atoms with Crippen LogP contribution in [0.5, 0.6) is 0 Å². The van der Waals surface area contributed by atoms with Gasteiger partial charge in [0.1, 0.15) is 5.76 Å². The molecule has 0 spiro atoms. The topological polar surface area (TPSA) is 133 Å². The van der Waals surface area contributed by atoms with E-state index >= 15 is 0 Å². The smallest absolute Gasteiger partial charge is 0.309 e. The summed E-state index contributed by atoms with van der Waals surface area (Å²) < 4.78 is 29.7. The molecule has 1 fully saturated rings. The lowest BCUT2D eigenvalue weighted by atomic mass is 9.88. The van der Waals surface area contributed by atoms with Gasteiger partial charge in [-0.15, -0.1) is 0 Å². The number of carbonyl (C=O) groups is 2. The fraction of sp³-hybridized carbons (Fsp3) is 0.444. The molecule has 0 aliphatic heterocycles. The molecule has 1 unspecified atom stereocenters. The minimum Gasteiger partial charge on any atom is -0.481 e. The minimum atomic E-state index is -2.27. The average molecular weight is 528 g/mol. The largest absolute Gasteiger partial charge is 0.481 e. The summed E-state index contributed by atoms with van der Waals surface area (Å²) in [6.07, 6.45) is 2.76. The molecule has 10 heteroatoms. The summed E-state index contributed by atoms with van der Waals surface area (Å²) in [5.74, 6) is -0.479. The van der Waals surface area contributed by atoms with Crippen molar-refractivity contribution in [2.45, 2.75) is 58.9 Å². The maximum absolute atomic E-state index is 12.9. The Balaban J connectivity index is 1.71. The van der Waals surface area contributed by atoms with Crippen molar-refractivity contribution in [2.75, 3.05) is 13.6 Å². The predicted octanol–water partition coefficient (Wildman–Crippen LogP) is 4.87. The average Bonchev–Trinajstić information content (AvgIpc) is 3.63. The normalized spacial score (nSPS) is 14.8. The number of benzene rings is 1. The highest BCUT2D eigenvalue weighted by Gasteiger charge is 2.32. The Hall–Kier alpha value is -3.08. The summed E-state index contributed by atoms with van der Waals surface area (Å²) in [5, 5.41) is 12.7. The molecule has 0 saturated heterocycles. The third kappa shape index (κ3) is 5.92. The van der Waals surface area contributed by atoms with Crippen LogP contribution >= 0.6 is 0 Å². The molecule has 3 N–H and O–H groups in total. The molecule has 198 valence electrons. The number of carbonyl (C=O) groups excluding carboxylic acids is 1. The predicted molar refractivity (Wildman–Crippen MR) is 141 cm³/mol. The molecule has 1 amide bonds. The van der Waals surface area contributed by atoms with E-state index in [0.717, 1.165) is 29.5 Å². The Kier molecular flexibility index (Phi) is 7.82. The van der Waals surface area contributed by atoms with Crippen molar-refractivity contribution in [3.05, 3.63) is 52.7 Å². The van der Waals surface area contributed by atoms with Crippen LogP contribution in [0.25, 0.3) is 22.4 Å². The van der Waals surface area contributed by atoms with Gasteiger partial charge in [-0.1, -0.05) is 29.8 Å². The van der Waals surface area contributed by atoms with Crippen molar-refractivity contribution in [1.29, 1.82) is 0 Å². The highest BCUT2D eigenvalue weighted by Crippen LogP contribution is 2.44. The standard InChI is InChI=1S/C27H33N3O6S/c1-16-6-8-18(9-7-16)23-22(24(31)28-4)20-14-19(17-10-11-17)21(29-25(20)36-23)15-30(37(34)35)13-5-12-27(2,3)26(32)33/h6-9,14,17H,5,10-13,15H2,1-4H3,(H,28,31)(H,32,33)(H,34,35). The fourth-order valence-corrected chi connectivity index (χ4v) is 4.91. The van der Waals surface area contributed by atoms with Crippen molar-refractivity contribution in [3.8, 4) is 11.3 Å². The Morgan fingerprint density at radius 3 is 2.49 bits per heavy atom. The second kappa shape index (κ2) is 10.7. The Morgan fingerprint density at radius 1 is 1.24 bits per heavy atom. The molecule has 37 heavy (non-hydrogen) atoms. The number of hydrogen-bond donors (Lipinski definition) is 3. The molecule has 1 aliphatic rings. The fourth-order valence-electron chi connectivity index (χ4n) is 4.39. The Morgan fingerprint density at radius 2 is 1.92 bits per heavy atom. The van der Waals surface area contributed by atoms with Gasteiger partial charge in [-0.3, -0.25) is 14.1 Å². The molecule has 1 atom stereocenters. The summed E-state index contributed by atoms with van der Waals surface area (Å²) in [6.45, 7) is 5.61. The van der Waals surface area contributed by atoms with Crippen LogP contribution in [0, 0.1) is 12.3 Å². The molecule has 0 bridgehead atoms. The minimum absolute atomic E-state index is 0.105. The monoisotopic (exact) mass is 527 g/mol. The second-order valence-electron chi connectivity index (χ2n) is 10.3. The Labute approximate surface area is 218 Å². The zero-order chi connectivity index (χ0) is 26.9. The van der Waals surface area contributed by atoms with Gasteiger partial charge in [0.25, 0.3) is 5.91 Å². The first-order chi connectivity index (χ1) is 17.5. The number of nitrogens with one attached hydrogen (secondary N) is 1. The molecule has 1 aliphatic carbocycles. The number of amides is 1. The number of hydrogen-bond acceptors (Lipinski definition) is 5. The number of rotatable bonds is 11. The zero-order valence-corrected chi connectivity index (χ0v) is 22.4. The van der Waals surface area contributed by atoms with E-state index in [1.54, 1.807) is 20.9 Å². The highest BCUT2D eigenvalue weighted by atomic mass is 32.2. The number of furan rings is 1. The lowest BCUT2D eigenvalue weighted by Gasteiger charge is -2.22. The molecule has 2 heterocycles. The first-order valence-corrected chi connectivity index (χ1v) is 13.4. The molecule has 0 radical (unpaired) electrons. The van der Waals surface area contributed by atoms with Crippen molar-refractivity contribution >= 4 is 34.2 Å². The number of aromatic nitrogens is 1. The number of pyridine rings is 1. The third-order valence-electron chi connectivity index (χ3n) is 6.92. The van der Waals surface area contributed by atoms with E-state index in [1.165, 1.54) is 4.31 Å². The van der Waals surface area contributed by atoms with Gasteiger partial charge in [0.05, 0.1) is 28.6 Å². The first-order valence-electron chi connectivity index (χ1n) is 12.4. The number of aliphatic carboxylic acids is 1. The van der Waals surface area contributed by atoms with Crippen LogP contribution in [0.4, 0.5) is 0 Å². The van der Waals surface area contributed by atoms with E-state index in [-0.39, 0.29) is 24.9 Å². The highest BCUT2D eigenvalue weighted by molar-refractivity contribution is 7.76. The maximum Gasteiger partial charge on any atom is 0.309 e. The molecule has 1 aromatic carbocycles. The summed E-state index contributed by atoms with van der Waals surface area (Å²) in [5.41, 5.74) is 3.20. The van der Waals surface area contributed by atoms with Crippen LogP contribution in [0.2, 0.25) is 0 Å². The first kappa shape index (κ1) is 27.0. The van der Waals surface area contributed by atoms with Gasteiger partial charge >= 0.3 is 5.97 Å². The van der Waals surface area contributed by atoms with Crippen molar-refractivity contribution in [1.82, 2.24) is 14.6 Å². The summed E-state index contributed by atoms with van der Waals surface area (Å²) in [6, 6.07) is 9.64. The van der Waals surface area contributed by atoms with Gasteiger partial charge < -0.3 is 14.8 Å². The van der Waals surface area contributed by atoms with Gasteiger partial charge in [0.2, 0.25) is 17.0 Å². The summed E-state index contributed by atoms with van der Waals surface area (Å²) in [4.78, 5) is 29.1. The second-order valence-corrected chi connectivity index (χ2v) is 11.3. The number of aryl methyl sites for hydroxylation is 1. The molecular formula is C27H33N3O6S. The maximum atomic E-state index is 12.9. The van der Waals surface area contributed by atoms with Crippen molar-refractivity contribution in [2.24, 2.45) is 5.41 Å². The van der Waals surface area contributed by atoms with Crippen LogP contribution in [-0.2, 0) is 22.6 Å². The third-order valence-corrected chi connectivity index (χ3v) is 7.67. The number of carboxylic acids is 1. The lowest BCUT2D eigenvalue weighted by Crippen LogP contribution is -2.30. The number of carboxylic acid groups (broad SMARTS) is 1. The van der Waals surface area contributed by atoms with Crippen LogP contribution in [-0.4, -0.2) is 48.6 Å². The van der Waals surface area contributed by atoms with E-state index in [4.69, 9.17) is 9.40 Å². The van der Waals surface area contributed by atoms with Crippen molar-refractivity contribution in [3.63, 3.8) is 0 Å². The molecule has 1 saturated carbocycles. The van der Waals surface area contributed by atoms with E-state index in [2.05, 4.69) is 5.32 Å². The van der Waals surface area contributed by atoms with Crippen LogP contribution < -0.4 is 5.32 Å². The van der Waals surface area contributed by atoms with Gasteiger partial charge in [-0.25, -0.2) is 9.19 Å². The quantitative estimate of drug-likeness (QED) is 0.303. The van der Waals surface area contributed by atoms with Gasteiger partial charge in [-0.2, -0.15) is 4.31 Å². The Bertz CT molecular complexity index is 1340. The molecule has 3 aromatic rings. The van der Waals surface area contributed by atoms with Crippen LogP contribution in [0.1, 0.15) is 72.6 Å². The lowest BCUT2D eigenvalue weighted by molar-refractivity contribution is -0.147. The molecule has 9 nitrogen and oxygen atoms in total. The van der Waals surface area contributed by atoms with E-state index in [9.17, 15) is 23.5 Å². The van der Waals surface area contributed by atoms with Crippen LogP contribution in [0.15, 0.2) is 34.7 Å². The molecule has 2 aromatic heterocycles. The van der Waals surface area contributed by atoms with E-state index in [0.29, 0.717) is 41.0 Å². The van der Waals surface area contributed by atoms with Gasteiger partial charge in [0.15, 0.2) is 0 Å². The SMILES string of the molecule is CNC(=O)c1c(-c2ccc(C)cc2)oc2nc(CN(CCCC(C)(C)C(=O)O)S(=O)O)c(C3CC3)cc12. The molecular weight excluding hydrogens is 494 g/mol. The summed E-state index contributed by atoms with van der Waals surface area (Å²) in [7, 11) is 1.57. The van der Waals surface area contributed by atoms with E-state index in [1.807, 2.05) is 37.3 Å². The van der Waals surface area contributed by atoms with Gasteiger partial charge in [-0.05, 0) is 64.0 Å².